The molecule has 0 aromatic rings. The molecule has 0 radical (unpaired) electrons. The average Bonchev–Trinajstić information content (AvgIpc) is 3.44. The molecule has 2 saturated heterocycles. The van der Waals surface area contributed by atoms with E-state index in [1.807, 2.05) is 39.5 Å². The second kappa shape index (κ2) is 14.2. The van der Waals surface area contributed by atoms with Gasteiger partial charge in [0, 0.05) is 0 Å². The van der Waals surface area contributed by atoms with Crippen LogP contribution in [0, 0.1) is 0 Å². The summed E-state index contributed by atoms with van der Waals surface area (Å²) in [5, 5.41) is 0.636. The third-order valence-corrected chi connectivity index (χ3v) is 24.5. The molecule has 2 rings (SSSR count). The number of hydrogen-bond acceptors (Lipinski definition) is 5. The Morgan fingerprint density at radius 1 is 1.03 bits per heavy atom. The van der Waals surface area contributed by atoms with Gasteiger partial charge in [-0.1, -0.05) is 0 Å². The maximum absolute atomic E-state index is 13.7. The van der Waals surface area contributed by atoms with E-state index < -0.39 is 29.7 Å². The summed E-state index contributed by atoms with van der Waals surface area (Å²) < 4.78 is 23.0. The minimum atomic E-state index is -3.04. The number of likely N-dealkylation sites (tertiary alicyclic amines) is 1. The fourth-order valence-corrected chi connectivity index (χ4v) is 24.0. The molecule has 2 aliphatic heterocycles. The third kappa shape index (κ3) is 8.62. The van der Waals surface area contributed by atoms with Gasteiger partial charge in [0.25, 0.3) is 0 Å². The average molecular weight is 634 g/mol. The Balaban J connectivity index is 2.56. The second-order valence-corrected chi connectivity index (χ2v) is 26.4. The number of hydrogen-bond donors (Lipinski definition) is 0. The molecule has 210 valence electrons. The van der Waals surface area contributed by atoms with Crippen LogP contribution in [0.25, 0.3) is 0 Å². The molecule has 1 amide bonds. The van der Waals surface area contributed by atoms with Gasteiger partial charge in [0.05, 0.1) is 0 Å². The number of nitrogens with zero attached hydrogens (tertiary/aromatic N) is 2. The van der Waals surface area contributed by atoms with Gasteiger partial charge < -0.3 is 0 Å². The predicted octanol–water partition coefficient (Wildman–Crippen LogP) is 7.51. The van der Waals surface area contributed by atoms with Crippen LogP contribution in [-0.2, 0) is 14.2 Å². The van der Waals surface area contributed by atoms with Gasteiger partial charge in [-0.3, -0.25) is 0 Å². The molecule has 0 aromatic heterocycles. The van der Waals surface area contributed by atoms with Gasteiger partial charge in [-0.15, -0.1) is 0 Å². The normalized spacial score (nSPS) is 21.1. The molecule has 0 unspecified atom stereocenters. The van der Waals surface area contributed by atoms with Crippen molar-refractivity contribution in [2.75, 3.05) is 19.7 Å². The third-order valence-electron chi connectivity index (χ3n) is 7.74. The molecule has 0 bridgehead atoms. The van der Waals surface area contributed by atoms with Crippen LogP contribution in [0.5, 0.6) is 0 Å². The van der Waals surface area contributed by atoms with Crippen LogP contribution < -0.4 is 0 Å². The maximum atomic E-state index is 13.7. The Bertz CT molecular complexity index is 684. The summed E-state index contributed by atoms with van der Waals surface area (Å²) in [6.07, 6.45) is 9.24. The van der Waals surface area contributed by atoms with Crippen LogP contribution in [0.15, 0.2) is 0 Å². The Hall–Kier alpha value is -0.281. The first-order valence-electron chi connectivity index (χ1n) is 14.5. The van der Waals surface area contributed by atoms with Crippen molar-refractivity contribution >= 4 is 41.9 Å². The Morgan fingerprint density at radius 2 is 1.53 bits per heavy atom. The zero-order valence-electron chi connectivity index (χ0n) is 24.5. The molecule has 2 aliphatic rings. The predicted molar refractivity (Wildman–Crippen MR) is 155 cm³/mol. The Kier molecular flexibility index (Phi) is 12.6. The number of amides is 1. The first-order valence-corrected chi connectivity index (χ1v) is 22.6. The van der Waals surface area contributed by atoms with Gasteiger partial charge in [0.1, 0.15) is 0 Å². The van der Waals surface area contributed by atoms with Crippen LogP contribution in [0.2, 0.25) is 13.3 Å². The fourth-order valence-electron chi connectivity index (χ4n) is 5.80. The molecule has 0 aromatic carbocycles. The molecule has 2 atom stereocenters. The van der Waals surface area contributed by atoms with Gasteiger partial charge in [-0.25, -0.2) is 0 Å². The summed E-state index contributed by atoms with van der Waals surface area (Å²) >= 11 is 2.90. The number of carbonyl (C=O) groups excluding carboxylic acids is 1. The number of unbranched alkanes of at least 4 members (excludes halogenated alkanes) is 3. The summed E-state index contributed by atoms with van der Waals surface area (Å²) in [5.41, 5.74) is -1.32. The monoisotopic (exact) mass is 634 g/mol. The number of rotatable bonds is 12. The first-order chi connectivity index (χ1) is 16.9. The fraction of sp³-hybridized carbons (Fsp3) is 0.929. The van der Waals surface area contributed by atoms with E-state index in [1.54, 1.807) is 0 Å². The summed E-state index contributed by atoms with van der Waals surface area (Å²) in [5.74, 6) is 0. The van der Waals surface area contributed by atoms with Gasteiger partial charge in [-0.05, 0) is 0 Å². The van der Waals surface area contributed by atoms with Gasteiger partial charge >= 0.3 is 232 Å². The van der Waals surface area contributed by atoms with Crippen molar-refractivity contribution in [3.05, 3.63) is 0 Å². The molecule has 0 spiro atoms. The van der Waals surface area contributed by atoms with Crippen LogP contribution in [0.3, 0.4) is 0 Å². The molecule has 2 fully saturated rings. The van der Waals surface area contributed by atoms with E-state index >= 15 is 0 Å². The zero-order valence-corrected chi connectivity index (χ0v) is 28.2. The Morgan fingerprint density at radius 3 is 1.97 bits per heavy atom. The summed E-state index contributed by atoms with van der Waals surface area (Å²) in [4.78, 5) is 17.8. The molecular formula is C28H54N2O4SSn. The van der Waals surface area contributed by atoms with Crippen LogP contribution in [0.4, 0.5) is 4.79 Å². The molecular weight excluding hydrogens is 579 g/mol. The van der Waals surface area contributed by atoms with E-state index in [0.717, 1.165) is 25.9 Å². The minimum absolute atomic E-state index is 0.0358. The number of thiocarbonyl (C=S) groups is 1. The van der Waals surface area contributed by atoms with E-state index in [-0.39, 0.29) is 16.3 Å². The van der Waals surface area contributed by atoms with Crippen molar-refractivity contribution in [2.24, 2.45) is 0 Å². The van der Waals surface area contributed by atoms with Crippen molar-refractivity contribution in [3.8, 4) is 0 Å². The molecule has 36 heavy (non-hydrogen) atoms. The van der Waals surface area contributed by atoms with Crippen molar-refractivity contribution in [1.82, 2.24) is 9.80 Å². The van der Waals surface area contributed by atoms with E-state index in [0.29, 0.717) is 11.8 Å². The van der Waals surface area contributed by atoms with Crippen molar-refractivity contribution in [1.29, 1.82) is 0 Å². The van der Waals surface area contributed by atoms with E-state index in [1.165, 1.54) is 51.8 Å². The van der Waals surface area contributed by atoms with E-state index in [4.69, 9.17) is 26.4 Å². The number of carbonyl (C=O) groups is 1. The van der Waals surface area contributed by atoms with Gasteiger partial charge in [0.2, 0.25) is 0 Å². The SMILES string of the molecule is CCC[CH2][Sn]([CH2]CCC)([CH2]CCC)[C@H](OC(=S)N1CCCC1)[C@@H]1COC(C)(C)N1C(=O)OC(C)(C)C. The Labute approximate surface area is 231 Å². The van der Waals surface area contributed by atoms with Crippen LogP contribution in [0.1, 0.15) is 107 Å². The standard InChI is InChI=1S/C16H27N2O4S.3C4H9.Sn/c1-15(2,3)22-13(19)18-12(11-21-16(18,4)5)10-20-14(23)17-8-6-7-9-17;3*1-3-4-2;/h10,12H,6-9,11H2,1-5H3;3*1,3-4H2,2H3;/t12-;;;;/m1..../s1. The van der Waals surface area contributed by atoms with Crippen LogP contribution in [-0.4, -0.2) is 80.6 Å². The molecule has 0 N–H and O–H groups in total. The number of ether oxygens (including phenoxy) is 3. The van der Waals surface area contributed by atoms with Crippen molar-refractivity contribution < 1.29 is 19.0 Å². The molecule has 0 aliphatic carbocycles. The quantitative estimate of drug-likeness (QED) is 0.164. The summed E-state index contributed by atoms with van der Waals surface area (Å²) in [6.45, 7) is 19.0. The summed E-state index contributed by atoms with van der Waals surface area (Å²) in [6, 6.07) is -0.170. The van der Waals surface area contributed by atoms with E-state index in [9.17, 15) is 4.79 Å². The molecule has 8 heteroatoms. The molecule has 2 heterocycles. The zero-order chi connectivity index (χ0) is 27.0. The first kappa shape index (κ1) is 31.9. The topological polar surface area (TPSA) is 51.2 Å². The van der Waals surface area contributed by atoms with Crippen LogP contribution >= 0.6 is 12.2 Å². The molecule has 0 saturated carbocycles. The second-order valence-electron chi connectivity index (χ2n) is 12.3. The summed E-state index contributed by atoms with van der Waals surface area (Å²) in [7, 11) is 0. The molecule has 6 nitrogen and oxygen atoms in total. The van der Waals surface area contributed by atoms with Crippen molar-refractivity contribution in [2.45, 2.75) is 142 Å². The van der Waals surface area contributed by atoms with Gasteiger partial charge in [0.15, 0.2) is 0 Å². The van der Waals surface area contributed by atoms with Gasteiger partial charge in [-0.2, -0.15) is 0 Å². The van der Waals surface area contributed by atoms with E-state index in [2.05, 4.69) is 25.7 Å². The van der Waals surface area contributed by atoms with Crippen molar-refractivity contribution in [3.63, 3.8) is 0 Å².